The molecule has 2 unspecified atom stereocenters. The molecule has 0 amide bonds. The molecule has 0 aliphatic rings. The molecule has 1 aromatic carbocycles. The highest BCUT2D eigenvalue weighted by Gasteiger charge is 2.05. The maximum absolute atomic E-state index is 5.47. The quantitative estimate of drug-likeness (QED) is 0.764. The fourth-order valence-electron chi connectivity index (χ4n) is 1.75. The van der Waals surface area contributed by atoms with Crippen molar-refractivity contribution in [2.75, 3.05) is 19.7 Å². The van der Waals surface area contributed by atoms with E-state index in [1.54, 1.807) is 0 Å². The summed E-state index contributed by atoms with van der Waals surface area (Å²) in [7, 11) is 0. The predicted molar refractivity (Wildman–Crippen MR) is 68.8 cm³/mol. The molecule has 0 aliphatic heterocycles. The van der Waals surface area contributed by atoms with Crippen molar-refractivity contribution >= 4 is 0 Å². The van der Waals surface area contributed by atoms with E-state index >= 15 is 0 Å². The number of rotatable bonds is 7. The zero-order valence-electron chi connectivity index (χ0n) is 10.6. The number of nitrogens with one attached hydrogen (secondary N) is 1. The van der Waals surface area contributed by atoms with Crippen LogP contribution in [0.2, 0.25) is 0 Å². The molecule has 1 N–H and O–H groups in total. The van der Waals surface area contributed by atoms with Crippen LogP contribution in [-0.4, -0.2) is 25.8 Å². The van der Waals surface area contributed by atoms with Crippen LogP contribution in [0.25, 0.3) is 0 Å². The second kappa shape index (κ2) is 7.42. The van der Waals surface area contributed by atoms with E-state index < -0.39 is 0 Å². The van der Waals surface area contributed by atoms with E-state index in [2.05, 4.69) is 49.5 Å². The van der Waals surface area contributed by atoms with Crippen LogP contribution in [-0.2, 0) is 4.74 Å². The fraction of sp³-hybridized carbons (Fsp3) is 0.571. The maximum atomic E-state index is 5.47. The zero-order chi connectivity index (χ0) is 11.8. The van der Waals surface area contributed by atoms with Crippen LogP contribution < -0.4 is 5.32 Å². The van der Waals surface area contributed by atoms with E-state index in [0.29, 0.717) is 12.0 Å². The van der Waals surface area contributed by atoms with Crippen LogP contribution >= 0.6 is 0 Å². The summed E-state index contributed by atoms with van der Waals surface area (Å²) in [5.74, 6) is 0.551. The number of benzene rings is 1. The van der Waals surface area contributed by atoms with Crippen LogP contribution in [0.15, 0.2) is 30.3 Å². The summed E-state index contributed by atoms with van der Waals surface area (Å²) in [6.45, 7) is 9.09. The third-order valence-electron chi connectivity index (χ3n) is 2.70. The van der Waals surface area contributed by atoms with Gasteiger partial charge in [-0.1, -0.05) is 37.3 Å². The van der Waals surface area contributed by atoms with Crippen molar-refractivity contribution < 1.29 is 4.74 Å². The van der Waals surface area contributed by atoms with Crippen molar-refractivity contribution in [1.82, 2.24) is 5.32 Å². The molecule has 0 heterocycles. The molecule has 2 heteroatoms. The first-order valence-electron chi connectivity index (χ1n) is 6.11. The molecule has 0 bridgehead atoms. The Bertz CT molecular complexity index is 273. The second-order valence-electron chi connectivity index (χ2n) is 4.24. The first-order chi connectivity index (χ1) is 7.74. The molecule has 16 heavy (non-hydrogen) atoms. The van der Waals surface area contributed by atoms with Gasteiger partial charge in [-0.2, -0.15) is 0 Å². The van der Waals surface area contributed by atoms with Gasteiger partial charge in [0.25, 0.3) is 0 Å². The van der Waals surface area contributed by atoms with Crippen molar-refractivity contribution in [3.05, 3.63) is 35.9 Å². The predicted octanol–water partition coefficient (Wildman–Crippen LogP) is 2.80. The van der Waals surface area contributed by atoms with E-state index in [-0.39, 0.29) is 0 Å². The molecule has 2 atom stereocenters. The molecule has 2 nitrogen and oxygen atoms in total. The summed E-state index contributed by atoms with van der Waals surface area (Å²) in [5, 5.41) is 3.44. The van der Waals surface area contributed by atoms with Gasteiger partial charge in [0.15, 0.2) is 0 Å². The fourth-order valence-corrected chi connectivity index (χ4v) is 1.75. The Hall–Kier alpha value is -0.860. The lowest BCUT2D eigenvalue weighted by molar-refractivity contribution is 0.0760. The van der Waals surface area contributed by atoms with Crippen molar-refractivity contribution in [3.8, 4) is 0 Å². The summed E-state index contributed by atoms with van der Waals surface area (Å²) < 4.78 is 5.47. The number of ether oxygens (including phenoxy) is 1. The maximum Gasteiger partial charge on any atom is 0.0671 e. The molecule has 1 aromatic rings. The van der Waals surface area contributed by atoms with Gasteiger partial charge in [0.2, 0.25) is 0 Å². The lowest BCUT2D eigenvalue weighted by atomic mass is 10.0. The van der Waals surface area contributed by atoms with Gasteiger partial charge in [0.05, 0.1) is 6.10 Å². The second-order valence-corrected chi connectivity index (χ2v) is 4.24. The third kappa shape index (κ3) is 4.77. The minimum atomic E-state index is 0.299. The molecule has 90 valence electrons. The highest BCUT2D eigenvalue weighted by Crippen LogP contribution is 2.12. The highest BCUT2D eigenvalue weighted by molar-refractivity contribution is 5.18. The Morgan fingerprint density at radius 2 is 1.81 bits per heavy atom. The summed E-state index contributed by atoms with van der Waals surface area (Å²) >= 11 is 0. The van der Waals surface area contributed by atoms with Crippen molar-refractivity contribution in [3.63, 3.8) is 0 Å². The Kier molecular flexibility index (Phi) is 6.12. The Morgan fingerprint density at radius 3 is 2.44 bits per heavy atom. The molecule has 0 spiro atoms. The molecule has 0 aromatic heterocycles. The first-order valence-corrected chi connectivity index (χ1v) is 6.11. The standard InChI is InChI=1S/C14H23NO/c1-4-16-13(3)11-15-10-12(2)14-8-6-5-7-9-14/h5-9,12-13,15H,4,10-11H2,1-3H3. The van der Waals surface area contributed by atoms with Crippen LogP contribution in [0.5, 0.6) is 0 Å². The van der Waals surface area contributed by atoms with Gasteiger partial charge < -0.3 is 10.1 Å². The van der Waals surface area contributed by atoms with E-state index in [4.69, 9.17) is 4.74 Å². The smallest absolute Gasteiger partial charge is 0.0671 e. The average molecular weight is 221 g/mol. The number of hydrogen-bond acceptors (Lipinski definition) is 2. The lowest BCUT2D eigenvalue weighted by Gasteiger charge is -2.16. The molecule has 0 saturated carbocycles. The number of hydrogen-bond donors (Lipinski definition) is 1. The van der Waals surface area contributed by atoms with Gasteiger partial charge in [0.1, 0.15) is 0 Å². The largest absolute Gasteiger partial charge is 0.377 e. The van der Waals surface area contributed by atoms with Gasteiger partial charge in [-0.15, -0.1) is 0 Å². The van der Waals surface area contributed by atoms with Crippen molar-refractivity contribution in [2.45, 2.75) is 32.8 Å². The summed E-state index contributed by atoms with van der Waals surface area (Å²) in [6, 6.07) is 10.6. The van der Waals surface area contributed by atoms with Crippen LogP contribution in [0.3, 0.4) is 0 Å². The minimum Gasteiger partial charge on any atom is -0.377 e. The minimum absolute atomic E-state index is 0.299. The van der Waals surface area contributed by atoms with Gasteiger partial charge >= 0.3 is 0 Å². The summed E-state index contributed by atoms with van der Waals surface area (Å²) in [4.78, 5) is 0. The zero-order valence-corrected chi connectivity index (χ0v) is 10.6. The van der Waals surface area contributed by atoms with Gasteiger partial charge in [-0.3, -0.25) is 0 Å². The molecule has 0 aliphatic carbocycles. The molecule has 0 fully saturated rings. The Labute approximate surface area is 99.0 Å². The lowest BCUT2D eigenvalue weighted by Crippen LogP contribution is -2.29. The van der Waals surface area contributed by atoms with Gasteiger partial charge in [-0.25, -0.2) is 0 Å². The molecule has 0 radical (unpaired) electrons. The Balaban J connectivity index is 2.23. The SMILES string of the molecule is CCOC(C)CNCC(C)c1ccccc1. The monoisotopic (exact) mass is 221 g/mol. The van der Waals surface area contributed by atoms with E-state index in [1.165, 1.54) is 5.56 Å². The average Bonchev–Trinajstić information content (AvgIpc) is 2.30. The normalized spacial score (nSPS) is 14.7. The van der Waals surface area contributed by atoms with Crippen LogP contribution in [0, 0.1) is 0 Å². The third-order valence-corrected chi connectivity index (χ3v) is 2.70. The van der Waals surface area contributed by atoms with E-state index in [1.807, 2.05) is 6.92 Å². The van der Waals surface area contributed by atoms with Crippen LogP contribution in [0.1, 0.15) is 32.3 Å². The Morgan fingerprint density at radius 1 is 1.12 bits per heavy atom. The van der Waals surface area contributed by atoms with Gasteiger partial charge in [0, 0.05) is 19.7 Å². The highest BCUT2D eigenvalue weighted by atomic mass is 16.5. The summed E-state index contributed by atoms with van der Waals surface area (Å²) in [5.41, 5.74) is 1.39. The topological polar surface area (TPSA) is 21.3 Å². The van der Waals surface area contributed by atoms with E-state index in [0.717, 1.165) is 19.7 Å². The van der Waals surface area contributed by atoms with Crippen molar-refractivity contribution in [2.24, 2.45) is 0 Å². The molecule has 1 rings (SSSR count). The molecule has 0 saturated heterocycles. The van der Waals surface area contributed by atoms with Crippen LogP contribution in [0.4, 0.5) is 0 Å². The first kappa shape index (κ1) is 13.2. The summed E-state index contributed by atoms with van der Waals surface area (Å²) in [6.07, 6.45) is 0.299. The molecular formula is C14H23NO. The molecular weight excluding hydrogens is 198 g/mol. The van der Waals surface area contributed by atoms with Gasteiger partial charge in [-0.05, 0) is 25.3 Å². The van der Waals surface area contributed by atoms with E-state index in [9.17, 15) is 0 Å². The van der Waals surface area contributed by atoms with Crippen molar-refractivity contribution in [1.29, 1.82) is 0 Å².